The monoisotopic (exact) mass is 268 g/mol. The number of benzene rings is 1. The normalized spacial score (nSPS) is 21.1. The van der Waals surface area contributed by atoms with Crippen molar-refractivity contribution in [1.29, 1.82) is 0 Å². The maximum Gasteiger partial charge on any atom is 0.270 e. The van der Waals surface area contributed by atoms with Crippen LogP contribution in [0, 0.1) is 4.91 Å². The molecular formula is C17H18NO2+. The van der Waals surface area contributed by atoms with Crippen LogP contribution >= 0.6 is 0 Å². The Kier molecular flexibility index (Phi) is 3.14. The van der Waals surface area contributed by atoms with Crippen LogP contribution < -0.4 is 0 Å². The van der Waals surface area contributed by atoms with Crippen molar-refractivity contribution in [2.24, 2.45) is 0 Å². The molecule has 3 heteroatoms. The standard InChI is InChI=1S/C17H18NO2/c1-3-11-10-16-14(17(19)13(11)4-2)9-12-7-5-6-8-15(12)18(16)20/h5-10,17,19H,3-4H2,1-2H3/q+1. The van der Waals surface area contributed by atoms with Crippen molar-refractivity contribution in [3.8, 4) is 0 Å². The van der Waals surface area contributed by atoms with Gasteiger partial charge in [-0.3, -0.25) is 0 Å². The fourth-order valence-electron chi connectivity index (χ4n) is 3.01. The zero-order valence-corrected chi connectivity index (χ0v) is 11.8. The fourth-order valence-corrected chi connectivity index (χ4v) is 3.01. The molecule has 0 fully saturated rings. The fraction of sp³-hybridized carbons (Fsp3) is 0.294. The lowest BCUT2D eigenvalue weighted by molar-refractivity contribution is -0.405. The van der Waals surface area contributed by atoms with Gasteiger partial charge in [0.05, 0.1) is 15.9 Å². The number of rotatable bonds is 2. The molecule has 1 N–H and O–H groups in total. The van der Waals surface area contributed by atoms with Crippen LogP contribution in [-0.4, -0.2) is 16.0 Å². The minimum absolute atomic E-state index is 0.574. The number of allylic oxidation sites excluding steroid dienone is 2. The Bertz CT molecular complexity index is 680. The van der Waals surface area contributed by atoms with Crippen LogP contribution in [0.3, 0.4) is 0 Å². The van der Waals surface area contributed by atoms with Crippen LogP contribution in [0.1, 0.15) is 32.3 Å². The number of aliphatic hydroxyl groups is 1. The minimum Gasteiger partial charge on any atom is -0.384 e. The van der Waals surface area contributed by atoms with Crippen molar-refractivity contribution < 1.29 is 9.87 Å². The van der Waals surface area contributed by atoms with Crippen molar-refractivity contribution in [3.63, 3.8) is 0 Å². The summed E-state index contributed by atoms with van der Waals surface area (Å²) in [5.74, 6) is 0. The molecular weight excluding hydrogens is 250 g/mol. The van der Waals surface area contributed by atoms with Crippen LogP contribution in [0.5, 0.6) is 0 Å². The lowest BCUT2D eigenvalue weighted by Crippen LogP contribution is -2.25. The van der Waals surface area contributed by atoms with Gasteiger partial charge < -0.3 is 5.11 Å². The van der Waals surface area contributed by atoms with Crippen LogP contribution in [0.25, 0.3) is 6.08 Å². The molecule has 1 unspecified atom stereocenters. The summed E-state index contributed by atoms with van der Waals surface area (Å²) < 4.78 is 0.940. The van der Waals surface area contributed by atoms with E-state index in [0.717, 1.165) is 34.3 Å². The van der Waals surface area contributed by atoms with E-state index in [1.165, 1.54) is 0 Å². The van der Waals surface area contributed by atoms with Crippen molar-refractivity contribution in [1.82, 2.24) is 0 Å². The van der Waals surface area contributed by atoms with Gasteiger partial charge in [-0.1, -0.05) is 26.0 Å². The van der Waals surface area contributed by atoms with Gasteiger partial charge >= 0.3 is 0 Å². The maximum absolute atomic E-state index is 12.5. The Labute approximate surface area is 118 Å². The molecule has 20 heavy (non-hydrogen) atoms. The van der Waals surface area contributed by atoms with Crippen LogP contribution in [-0.2, 0) is 0 Å². The summed E-state index contributed by atoms with van der Waals surface area (Å²) in [4.78, 5) is 12.5. The van der Waals surface area contributed by atoms with Gasteiger partial charge in [-0.25, -0.2) is 0 Å². The summed E-state index contributed by atoms with van der Waals surface area (Å²) >= 11 is 0. The Morgan fingerprint density at radius 3 is 2.60 bits per heavy atom. The zero-order valence-electron chi connectivity index (χ0n) is 11.8. The average Bonchev–Trinajstić information content (AvgIpc) is 2.48. The van der Waals surface area contributed by atoms with Crippen LogP contribution in [0.15, 0.2) is 52.8 Å². The number of hydrogen-bond donors (Lipinski definition) is 1. The molecule has 102 valence electrons. The summed E-state index contributed by atoms with van der Waals surface area (Å²) in [6.45, 7) is 4.09. The number of fused-ring (bicyclic) bond motifs is 2. The van der Waals surface area contributed by atoms with E-state index in [4.69, 9.17) is 0 Å². The summed E-state index contributed by atoms with van der Waals surface area (Å²) in [7, 11) is 0. The predicted octanol–water partition coefficient (Wildman–Crippen LogP) is 3.87. The van der Waals surface area contributed by atoms with E-state index in [1.807, 2.05) is 43.3 Å². The molecule has 1 aromatic rings. The van der Waals surface area contributed by atoms with E-state index < -0.39 is 6.10 Å². The molecule has 0 bridgehead atoms. The molecule has 0 aromatic heterocycles. The lowest BCUT2D eigenvalue weighted by atomic mass is 9.83. The summed E-state index contributed by atoms with van der Waals surface area (Å²) in [5, 5.41) is 10.6. The Balaban J connectivity index is 2.21. The zero-order chi connectivity index (χ0) is 14.3. The van der Waals surface area contributed by atoms with Gasteiger partial charge in [0, 0.05) is 17.0 Å². The van der Waals surface area contributed by atoms with E-state index in [0.29, 0.717) is 17.0 Å². The summed E-state index contributed by atoms with van der Waals surface area (Å²) in [5.41, 5.74) is 4.90. The number of para-hydroxylation sites is 1. The van der Waals surface area contributed by atoms with Crippen LogP contribution in [0.4, 0.5) is 5.69 Å². The lowest BCUT2D eigenvalue weighted by Gasteiger charge is -2.25. The van der Waals surface area contributed by atoms with Gasteiger partial charge in [-0.2, -0.15) is 0 Å². The highest BCUT2D eigenvalue weighted by Gasteiger charge is 2.39. The second-order valence-corrected chi connectivity index (χ2v) is 5.14. The highest BCUT2D eigenvalue weighted by molar-refractivity contribution is 5.71. The third kappa shape index (κ3) is 1.78. The van der Waals surface area contributed by atoms with Gasteiger partial charge in [-0.05, 0) is 36.1 Å². The first kappa shape index (κ1) is 13.0. The van der Waals surface area contributed by atoms with E-state index in [2.05, 4.69) is 6.92 Å². The number of nitrogens with zero attached hydrogens (tertiary/aromatic N) is 1. The third-order valence-corrected chi connectivity index (χ3v) is 4.09. The van der Waals surface area contributed by atoms with E-state index in [1.54, 1.807) is 0 Å². The largest absolute Gasteiger partial charge is 0.384 e. The molecule has 2 aliphatic rings. The van der Waals surface area contributed by atoms with Gasteiger partial charge in [-0.15, -0.1) is 0 Å². The van der Waals surface area contributed by atoms with Crippen LogP contribution in [0.2, 0.25) is 0 Å². The Hall–Kier alpha value is -2.00. The molecule has 3 rings (SSSR count). The first-order valence-corrected chi connectivity index (χ1v) is 7.07. The van der Waals surface area contributed by atoms with Crippen molar-refractivity contribution >= 4 is 11.8 Å². The van der Waals surface area contributed by atoms with Crippen molar-refractivity contribution in [3.05, 3.63) is 63.2 Å². The molecule has 1 aliphatic carbocycles. The van der Waals surface area contributed by atoms with E-state index in [9.17, 15) is 10.0 Å². The minimum atomic E-state index is -0.667. The molecule has 1 atom stereocenters. The Morgan fingerprint density at radius 1 is 1.15 bits per heavy atom. The van der Waals surface area contributed by atoms with Gasteiger partial charge in [0.15, 0.2) is 0 Å². The summed E-state index contributed by atoms with van der Waals surface area (Å²) in [6, 6.07) is 7.48. The first-order chi connectivity index (χ1) is 9.67. The van der Waals surface area contributed by atoms with Gasteiger partial charge in [0.1, 0.15) is 6.10 Å². The number of aliphatic hydroxyl groups excluding tert-OH is 1. The molecule has 3 nitrogen and oxygen atoms in total. The Morgan fingerprint density at radius 2 is 1.90 bits per heavy atom. The molecule has 0 saturated heterocycles. The molecule has 1 aliphatic heterocycles. The SMILES string of the molecule is CCC1=C(CC)C(O)C2=Cc3ccccc3[N+](=O)C2=C1. The van der Waals surface area contributed by atoms with E-state index >= 15 is 0 Å². The topological polar surface area (TPSA) is 40.3 Å². The highest BCUT2D eigenvalue weighted by atomic mass is 16.3. The van der Waals surface area contributed by atoms with Gasteiger partial charge in [0.25, 0.3) is 11.4 Å². The molecule has 0 spiro atoms. The van der Waals surface area contributed by atoms with Crippen molar-refractivity contribution in [2.45, 2.75) is 32.8 Å². The maximum atomic E-state index is 12.5. The quantitative estimate of drug-likeness (QED) is 0.827. The first-order valence-electron chi connectivity index (χ1n) is 7.07. The third-order valence-electron chi connectivity index (χ3n) is 4.09. The smallest absolute Gasteiger partial charge is 0.270 e. The number of hydrogen-bond acceptors (Lipinski definition) is 2. The van der Waals surface area contributed by atoms with E-state index in [-0.39, 0.29) is 0 Å². The molecule has 1 aromatic carbocycles. The molecule has 0 radical (unpaired) electrons. The molecule has 0 saturated carbocycles. The predicted molar refractivity (Wildman–Crippen MR) is 79.4 cm³/mol. The molecule has 1 heterocycles. The average molecular weight is 268 g/mol. The second-order valence-electron chi connectivity index (χ2n) is 5.14. The van der Waals surface area contributed by atoms with Gasteiger partial charge in [0.2, 0.25) is 0 Å². The number of nitroso groups, excluding NO2 is 1. The van der Waals surface area contributed by atoms with Crippen molar-refractivity contribution in [2.75, 3.05) is 0 Å². The molecule has 0 amide bonds. The summed E-state index contributed by atoms with van der Waals surface area (Å²) in [6.07, 6.45) is 4.82. The second kappa shape index (κ2) is 4.84. The highest BCUT2D eigenvalue weighted by Crippen LogP contribution is 2.40.